The van der Waals surface area contributed by atoms with Crippen LogP contribution in [0.3, 0.4) is 0 Å². The Morgan fingerprint density at radius 2 is 1.78 bits per heavy atom. The van der Waals surface area contributed by atoms with Crippen molar-refractivity contribution in [2.45, 2.75) is 37.6 Å². The molecule has 1 aliphatic heterocycles. The maximum absolute atomic E-state index is 13.3. The number of piperazine rings is 1. The minimum absolute atomic E-state index is 0.161. The van der Waals surface area contributed by atoms with Crippen LogP contribution in [0.15, 0.2) is 47.0 Å². The van der Waals surface area contributed by atoms with Gasteiger partial charge in [0, 0.05) is 56.5 Å². The van der Waals surface area contributed by atoms with Gasteiger partial charge in [0.05, 0.1) is 11.2 Å². The number of carbonyl (C=O) groups is 1. The van der Waals surface area contributed by atoms with E-state index in [-0.39, 0.29) is 24.9 Å². The summed E-state index contributed by atoms with van der Waals surface area (Å²) in [5.41, 5.74) is 2.31. The number of rotatable bonds is 3. The van der Waals surface area contributed by atoms with Crippen molar-refractivity contribution >= 4 is 22.8 Å². The molecule has 2 amide bonds. The summed E-state index contributed by atoms with van der Waals surface area (Å²) in [6, 6.07) is 13.4. The second kappa shape index (κ2) is 8.37. The van der Waals surface area contributed by atoms with Gasteiger partial charge in [-0.1, -0.05) is 29.4 Å². The lowest BCUT2D eigenvalue weighted by atomic mass is 9.92. The summed E-state index contributed by atoms with van der Waals surface area (Å²) in [6.07, 6.45) is 0.321. The minimum atomic E-state index is -2.59. The van der Waals surface area contributed by atoms with Crippen molar-refractivity contribution in [1.82, 2.24) is 20.4 Å². The number of halogens is 2. The van der Waals surface area contributed by atoms with Gasteiger partial charge in [0.25, 0.3) is 0 Å². The van der Waals surface area contributed by atoms with Crippen molar-refractivity contribution in [2.75, 3.05) is 31.1 Å². The second-order valence-corrected chi connectivity index (χ2v) is 8.49. The normalized spacial score (nSPS) is 19.3. The molecule has 2 fully saturated rings. The maximum atomic E-state index is 13.3. The summed E-state index contributed by atoms with van der Waals surface area (Å²) in [5.74, 6) is -1.95. The van der Waals surface area contributed by atoms with E-state index in [9.17, 15) is 13.6 Å². The number of urea groups is 1. The first-order valence-electron chi connectivity index (χ1n) is 11.0. The number of amides is 2. The van der Waals surface area contributed by atoms with E-state index in [2.05, 4.69) is 15.5 Å². The molecule has 1 aliphatic carbocycles. The Morgan fingerprint density at radius 1 is 1.03 bits per heavy atom. The third-order valence-electron chi connectivity index (χ3n) is 6.28. The van der Waals surface area contributed by atoms with Crippen LogP contribution in [0.25, 0.3) is 22.3 Å². The number of anilines is 1. The highest BCUT2D eigenvalue weighted by Gasteiger charge is 2.36. The number of fused-ring (bicyclic) bond motifs is 1. The third-order valence-corrected chi connectivity index (χ3v) is 6.28. The van der Waals surface area contributed by atoms with Crippen LogP contribution in [0.1, 0.15) is 25.7 Å². The van der Waals surface area contributed by atoms with Crippen LogP contribution >= 0.6 is 0 Å². The molecule has 1 N–H and O–H groups in total. The number of nitrogens with zero attached hydrogens (tertiary/aromatic N) is 4. The standard InChI is InChI=1S/C23H25F2N5O2/c24-23(25)9-7-17(8-10-23)26-22(31)30-13-11-29(12-14-30)21-15-20(28-32-21)19-6-5-16-3-1-2-4-18(16)27-19/h1-6,15,17H,7-14H2,(H,26,31). The van der Waals surface area contributed by atoms with Gasteiger partial charge in [0.2, 0.25) is 11.8 Å². The fourth-order valence-corrected chi connectivity index (χ4v) is 4.32. The maximum Gasteiger partial charge on any atom is 0.317 e. The van der Waals surface area contributed by atoms with Gasteiger partial charge in [-0.25, -0.2) is 18.6 Å². The first kappa shape index (κ1) is 20.7. The van der Waals surface area contributed by atoms with E-state index in [0.29, 0.717) is 50.6 Å². The third kappa shape index (κ3) is 4.37. The van der Waals surface area contributed by atoms with Crippen molar-refractivity contribution in [2.24, 2.45) is 0 Å². The molecule has 0 atom stereocenters. The van der Waals surface area contributed by atoms with Gasteiger partial charge in [-0.15, -0.1) is 0 Å². The number of para-hydroxylation sites is 1. The molecule has 1 aromatic carbocycles. The average Bonchev–Trinajstić information content (AvgIpc) is 3.30. The number of alkyl halides is 2. The lowest BCUT2D eigenvalue weighted by Crippen LogP contribution is -2.54. The smallest absolute Gasteiger partial charge is 0.317 e. The van der Waals surface area contributed by atoms with Gasteiger partial charge >= 0.3 is 6.03 Å². The Labute approximate surface area is 184 Å². The van der Waals surface area contributed by atoms with Gasteiger partial charge in [-0.2, -0.15) is 0 Å². The molecule has 3 heterocycles. The Hall–Kier alpha value is -3.23. The molecule has 0 spiro atoms. The average molecular weight is 441 g/mol. The fraction of sp³-hybridized carbons (Fsp3) is 0.435. The Bertz CT molecular complexity index is 1100. The molecular formula is C23H25F2N5O2. The minimum Gasteiger partial charge on any atom is -0.338 e. The molecule has 2 aromatic heterocycles. The summed E-state index contributed by atoms with van der Waals surface area (Å²) in [4.78, 5) is 21.0. The number of benzene rings is 1. The molecule has 7 nitrogen and oxygen atoms in total. The number of nitrogens with one attached hydrogen (secondary N) is 1. The summed E-state index contributed by atoms with van der Waals surface area (Å²) in [6.45, 7) is 2.27. The Balaban J connectivity index is 1.17. The van der Waals surface area contributed by atoms with Gasteiger partial charge in [0.1, 0.15) is 5.69 Å². The fourth-order valence-electron chi connectivity index (χ4n) is 4.32. The van der Waals surface area contributed by atoms with E-state index in [1.807, 2.05) is 47.4 Å². The highest BCUT2D eigenvalue weighted by Crippen LogP contribution is 2.33. The number of pyridine rings is 1. The molecule has 32 heavy (non-hydrogen) atoms. The predicted octanol–water partition coefficient (Wildman–Crippen LogP) is 4.30. The Morgan fingerprint density at radius 3 is 2.56 bits per heavy atom. The zero-order valence-electron chi connectivity index (χ0n) is 17.6. The summed E-state index contributed by atoms with van der Waals surface area (Å²) >= 11 is 0. The molecular weight excluding hydrogens is 416 g/mol. The summed E-state index contributed by atoms with van der Waals surface area (Å²) in [5, 5.41) is 8.16. The molecule has 1 saturated heterocycles. The van der Waals surface area contributed by atoms with Gasteiger partial charge in [0.15, 0.2) is 0 Å². The lowest BCUT2D eigenvalue weighted by Gasteiger charge is -2.36. The van der Waals surface area contributed by atoms with Crippen LogP contribution in [-0.2, 0) is 0 Å². The molecule has 0 radical (unpaired) electrons. The van der Waals surface area contributed by atoms with E-state index in [4.69, 9.17) is 4.52 Å². The van der Waals surface area contributed by atoms with Crippen molar-refractivity contribution in [1.29, 1.82) is 0 Å². The number of aromatic nitrogens is 2. The highest BCUT2D eigenvalue weighted by molar-refractivity contribution is 5.81. The highest BCUT2D eigenvalue weighted by atomic mass is 19.3. The van der Waals surface area contributed by atoms with Crippen molar-refractivity contribution < 1.29 is 18.1 Å². The predicted molar refractivity (Wildman–Crippen MR) is 117 cm³/mol. The van der Waals surface area contributed by atoms with Crippen molar-refractivity contribution in [3.63, 3.8) is 0 Å². The van der Waals surface area contributed by atoms with Gasteiger partial charge in [-0.3, -0.25) is 0 Å². The molecule has 0 unspecified atom stereocenters. The van der Waals surface area contributed by atoms with Crippen molar-refractivity contribution in [3.05, 3.63) is 42.5 Å². The van der Waals surface area contributed by atoms with Crippen LogP contribution in [0.2, 0.25) is 0 Å². The molecule has 2 aliphatic rings. The van der Waals surface area contributed by atoms with Crippen molar-refractivity contribution in [3.8, 4) is 11.4 Å². The number of carbonyl (C=O) groups excluding carboxylic acids is 1. The van der Waals surface area contributed by atoms with Gasteiger partial charge in [-0.05, 0) is 25.0 Å². The number of hydrogen-bond donors (Lipinski definition) is 1. The van der Waals surface area contributed by atoms with Crippen LogP contribution in [0, 0.1) is 0 Å². The van der Waals surface area contributed by atoms with E-state index < -0.39 is 5.92 Å². The van der Waals surface area contributed by atoms with E-state index in [1.54, 1.807) is 4.90 Å². The zero-order valence-corrected chi connectivity index (χ0v) is 17.6. The Kier molecular flexibility index (Phi) is 5.40. The van der Waals surface area contributed by atoms with Crippen LogP contribution < -0.4 is 10.2 Å². The molecule has 168 valence electrons. The van der Waals surface area contributed by atoms with Gasteiger partial charge < -0.3 is 19.6 Å². The zero-order chi connectivity index (χ0) is 22.1. The summed E-state index contributed by atoms with van der Waals surface area (Å²) in [7, 11) is 0. The van der Waals surface area contributed by atoms with E-state index in [1.165, 1.54) is 0 Å². The van der Waals surface area contributed by atoms with Crippen LogP contribution in [0.5, 0.6) is 0 Å². The molecule has 0 bridgehead atoms. The monoisotopic (exact) mass is 441 g/mol. The number of hydrogen-bond acceptors (Lipinski definition) is 5. The second-order valence-electron chi connectivity index (χ2n) is 8.49. The molecule has 5 rings (SSSR count). The molecule has 9 heteroatoms. The summed E-state index contributed by atoms with van der Waals surface area (Å²) < 4.78 is 32.2. The lowest BCUT2D eigenvalue weighted by molar-refractivity contribution is -0.0398. The van der Waals surface area contributed by atoms with E-state index >= 15 is 0 Å². The van der Waals surface area contributed by atoms with Crippen LogP contribution in [0.4, 0.5) is 19.5 Å². The first-order valence-corrected chi connectivity index (χ1v) is 11.0. The molecule has 1 saturated carbocycles. The quantitative estimate of drug-likeness (QED) is 0.656. The largest absolute Gasteiger partial charge is 0.338 e. The topological polar surface area (TPSA) is 74.5 Å². The molecule has 3 aromatic rings. The first-order chi connectivity index (χ1) is 15.5. The van der Waals surface area contributed by atoms with Crippen LogP contribution in [-0.4, -0.2) is 59.2 Å². The SMILES string of the molecule is O=C(NC1CCC(F)(F)CC1)N1CCN(c2cc(-c3ccc4ccccc4n3)no2)CC1. The van der Waals surface area contributed by atoms with E-state index in [0.717, 1.165) is 16.6 Å².